The molecule has 1 aromatic carbocycles. The fourth-order valence-corrected chi connectivity index (χ4v) is 2.54. The zero-order chi connectivity index (χ0) is 15.0. The summed E-state index contributed by atoms with van der Waals surface area (Å²) in [5.74, 6) is -0.428. The molecule has 3 rings (SSSR count). The van der Waals surface area contributed by atoms with Gasteiger partial charge in [-0.15, -0.1) is 0 Å². The number of ether oxygens (including phenoxy) is 1. The average Bonchev–Trinajstić information content (AvgIpc) is 3.04. The number of aromatic nitrogens is 1. The van der Waals surface area contributed by atoms with Crippen molar-refractivity contribution in [3.63, 3.8) is 0 Å². The number of benzene rings is 1. The molecule has 1 aliphatic heterocycles. The Kier molecular flexibility index (Phi) is 3.09. The van der Waals surface area contributed by atoms with E-state index in [4.69, 9.17) is 9.84 Å². The van der Waals surface area contributed by atoms with Crippen LogP contribution in [0.5, 0.6) is 5.75 Å². The Balaban J connectivity index is 1.92. The van der Waals surface area contributed by atoms with Gasteiger partial charge in [0.2, 0.25) is 0 Å². The first-order valence-electron chi connectivity index (χ1n) is 6.36. The van der Waals surface area contributed by atoms with Crippen LogP contribution in [0.3, 0.4) is 0 Å². The van der Waals surface area contributed by atoms with Crippen LogP contribution >= 0.6 is 0 Å². The third-order valence-electron chi connectivity index (χ3n) is 3.53. The Bertz CT molecular complexity index is 722. The van der Waals surface area contributed by atoms with E-state index in [1.54, 1.807) is 0 Å². The molecule has 0 radical (unpaired) electrons. The highest BCUT2D eigenvalue weighted by atomic mass is 16.6. The average molecular weight is 288 g/mol. The molecule has 2 heterocycles. The summed E-state index contributed by atoms with van der Waals surface area (Å²) in [4.78, 5) is 21.4. The fraction of sp³-hybridized carbons (Fsp3) is 0.214. The zero-order valence-corrected chi connectivity index (χ0v) is 10.9. The smallest absolute Gasteiger partial charge is 0.352 e. The number of rotatable bonds is 4. The van der Waals surface area contributed by atoms with Crippen LogP contribution in [-0.2, 0) is 6.54 Å². The number of aromatic carboxylic acids is 1. The summed E-state index contributed by atoms with van der Waals surface area (Å²) >= 11 is 0. The molecule has 0 amide bonds. The molecule has 0 saturated carbocycles. The maximum Gasteiger partial charge on any atom is 0.352 e. The molecule has 21 heavy (non-hydrogen) atoms. The van der Waals surface area contributed by atoms with Crippen LogP contribution in [0.4, 0.5) is 5.69 Å². The molecule has 1 aliphatic rings. The van der Waals surface area contributed by atoms with Gasteiger partial charge in [0.25, 0.3) is 5.69 Å². The lowest BCUT2D eigenvalue weighted by molar-refractivity contribution is -0.384. The molecule has 0 bridgehead atoms. The number of hydrogen-bond donors (Lipinski definition) is 1. The molecule has 0 aliphatic carbocycles. The number of fused-ring (bicyclic) bond motifs is 1. The molecule has 1 N–H and O–H groups in total. The molecule has 0 fully saturated rings. The van der Waals surface area contributed by atoms with E-state index in [0.29, 0.717) is 13.2 Å². The Labute approximate surface area is 119 Å². The molecule has 108 valence electrons. The first-order valence-corrected chi connectivity index (χ1v) is 6.36. The van der Waals surface area contributed by atoms with Crippen molar-refractivity contribution in [2.45, 2.75) is 12.5 Å². The van der Waals surface area contributed by atoms with Gasteiger partial charge in [0, 0.05) is 24.1 Å². The summed E-state index contributed by atoms with van der Waals surface area (Å²) in [6.07, 6.45) is 1.25. The van der Waals surface area contributed by atoms with E-state index in [1.165, 1.54) is 10.8 Å². The van der Waals surface area contributed by atoms with Gasteiger partial charge < -0.3 is 14.4 Å². The van der Waals surface area contributed by atoms with Gasteiger partial charge in [0.05, 0.1) is 17.7 Å². The summed E-state index contributed by atoms with van der Waals surface area (Å²) in [5.41, 5.74) is 0.677. The summed E-state index contributed by atoms with van der Waals surface area (Å²) < 4.78 is 6.94. The highest BCUT2D eigenvalue weighted by Gasteiger charge is 2.27. The fourth-order valence-electron chi connectivity index (χ4n) is 2.54. The third-order valence-corrected chi connectivity index (χ3v) is 3.53. The minimum atomic E-state index is -1.18. The Morgan fingerprint density at radius 2 is 2.24 bits per heavy atom. The van der Waals surface area contributed by atoms with E-state index in [2.05, 4.69) is 0 Å². The molecule has 1 atom stereocenters. The van der Waals surface area contributed by atoms with Gasteiger partial charge in [-0.25, -0.2) is 4.79 Å². The minimum absolute atomic E-state index is 0.0219. The number of carboxylic acid groups (broad SMARTS) is 1. The highest BCUT2D eigenvalue weighted by Crippen LogP contribution is 2.35. The molecule has 2 aromatic rings. The topological polar surface area (TPSA) is 94.6 Å². The first-order chi connectivity index (χ1) is 10.1. The third kappa shape index (κ3) is 2.33. The van der Waals surface area contributed by atoms with Crippen LogP contribution in [0, 0.1) is 10.1 Å². The zero-order valence-electron chi connectivity index (χ0n) is 10.9. The largest absolute Gasteiger partial charge is 0.493 e. The normalized spacial score (nSPS) is 16.3. The quantitative estimate of drug-likeness (QED) is 0.688. The van der Waals surface area contributed by atoms with Gasteiger partial charge in [-0.1, -0.05) is 18.2 Å². The lowest BCUT2D eigenvalue weighted by Crippen LogP contribution is -2.14. The number of para-hydroxylation sites is 1. The van der Waals surface area contributed by atoms with Crippen molar-refractivity contribution in [1.82, 2.24) is 4.57 Å². The van der Waals surface area contributed by atoms with Crippen LogP contribution in [0.2, 0.25) is 0 Å². The van der Waals surface area contributed by atoms with E-state index >= 15 is 0 Å². The number of carbonyl (C=O) groups is 1. The monoisotopic (exact) mass is 288 g/mol. The van der Waals surface area contributed by atoms with Crippen LogP contribution < -0.4 is 4.74 Å². The van der Waals surface area contributed by atoms with Crippen molar-refractivity contribution >= 4 is 11.7 Å². The number of nitrogens with zero attached hydrogens (tertiary/aromatic N) is 2. The molecular formula is C14H12N2O5. The van der Waals surface area contributed by atoms with Gasteiger partial charge >= 0.3 is 5.97 Å². The lowest BCUT2D eigenvalue weighted by atomic mass is 10.0. The van der Waals surface area contributed by atoms with Crippen molar-refractivity contribution in [2.24, 2.45) is 0 Å². The van der Waals surface area contributed by atoms with E-state index in [-0.39, 0.29) is 17.3 Å². The second-order valence-electron chi connectivity index (χ2n) is 4.84. The van der Waals surface area contributed by atoms with Crippen molar-refractivity contribution in [3.05, 3.63) is 57.9 Å². The van der Waals surface area contributed by atoms with E-state index in [9.17, 15) is 14.9 Å². The van der Waals surface area contributed by atoms with Crippen molar-refractivity contribution in [2.75, 3.05) is 6.61 Å². The van der Waals surface area contributed by atoms with E-state index in [1.807, 2.05) is 24.3 Å². The maximum atomic E-state index is 11.2. The van der Waals surface area contributed by atoms with Crippen LogP contribution in [-0.4, -0.2) is 27.2 Å². The SMILES string of the molecule is O=C(O)c1cc([N+](=O)[O-])cn1CC1COc2ccccc21. The number of hydrogen-bond acceptors (Lipinski definition) is 4. The molecule has 0 spiro atoms. The van der Waals surface area contributed by atoms with Crippen molar-refractivity contribution in [1.29, 1.82) is 0 Å². The predicted molar refractivity (Wildman–Crippen MR) is 72.7 cm³/mol. The summed E-state index contributed by atoms with van der Waals surface area (Å²) in [6.45, 7) is 0.761. The Morgan fingerprint density at radius 3 is 2.95 bits per heavy atom. The second-order valence-corrected chi connectivity index (χ2v) is 4.84. The van der Waals surface area contributed by atoms with Gasteiger partial charge in [-0.3, -0.25) is 10.1 Å². The van der Waals surface area contributed by atoms with Crippen molar-refractivity contribution in [3.8, 4) is 5.75 Å². The molecule has 1 aromatic heterocycles. The molecule has 7 nitrogen and oxygen atoms in total. The molecule has 7 heteroatoms. The molecular weight excluding hydrogens is 276 g/mol. The van der Waals surface area contributed by atoms with Gasteiger partial charge in [-0.05, 0) is 6.07 Å². The van der Waals surface area contributed by atoms with E-state index < -0.39 is 10.9 Å². The van der Waals surface area contributed by atoms with Gasteiger partial charge in [0.1, 0.15) is 11.4 Å². The van der Waals surface area contributed by atoms with Crippen LogP contribution in [0.1, 0.15) is 22.0 Å². The maximum absolute atomic E-state index is 11.2. The standard InChI is InChI=1S/C14H12N2O5/c17-14(18)12-5-10(16(19)20)7-15(12)6-9-8-21-13-4-2-1-3-11(9)13/h1-5,7,9H,6,8H2,(H,17,18). The Hall–Kier alpha value is -2.83. The summed E-state index contributed by atoms with van der Waals surface area (Å²) in [5, 5.41) is 20.0. The van der Waals surface area contributed by atoms with Crippen molar-refractivity contribution < 1.29 is 19.6 Å². The second kappa shape index (κ2) is 4.93. The number of carboxylic acids is 1. The lowest BCUT2D eigenvalue weighted by Gasteiger charge is -2.11. The highest BCUT2D eigenvalue weighted by molar-refractivity contribution is 5.86. The van der Waals surface area contributed by atoms with Gasteiger partial charge in [0.15, 0.2) is 0 Å². The van der Waals surface area contributed by atoms with Gasteiger partial charge in [-0.2, -0.15) is 0 Å². The van der Waals surface area contributed by atoms with Crippen LogP contribution in [0.15, 0.2) is 36.5 Å². The van der Waals surface area contributed by atoms with E-state index in [0.717, 1.165) is 17.4 Å². The molecule has 0 saturated heterocycles. The summed E-state index contributed by atoms with van der Waals surface area (Å²) in [7, 11) is 0. The Morgan fingerprint density at radius 1 is 1.48 bits per heavy atom. The predicted octanol–water partition coefficient (Wildman–Crippen LogP) is 2.27. The van der Waals surface area contributed by atoms with Crippen LogP contribution in [0.25, 0.3) is 0 Å². The number of nitro groups is 1. The summed E-state index contributed by atoms with van der Waals surface area (Å²) in [6, 6.07) is 8.60. The molecule has 1 unspecified atom stereocenters. The first kappa shape index (κ1) is 13.2. The minimum Gasteiger partial charge on any atom is -0.493 e.